The summed E-state index contributed by atoms with van der Waals surface area (Å²) in [6, 6.07) is 6.37. The van der Waals surface area contributed by atoms with Crippen molar-refractivity contribution in [2.75, 3.05) is 0 Å². The van der Waals surface area contributed by atoms with Gasteiger partial charge in [-0.05, 0) is 18.2 Å². The van der Waals surface area contributed by atoms with Gasteiger partial charge in [0.05, 0.1) is 5.56 Å². The first kappa shape index (κ1) is 8.50. The number of H-pyrrole nitrogens is 1. The Hall–Kier alpha value is -2.10. The van der Waals surface area contributed by atoms with E-state index in [1.165, 1.54) is 18.3 Å². The zero-order valence-corrected chi connectivity index (χ0v) is 7.28. The van der Waals surface area contributed by atoms with Gasteiger partial charge in [-0.1, -0.05) is 6.07 Å². The zero-order chi connectivity index (χ0) is 10.1. The van der Waals surface area contributed by atoms with E-state index in [4.69, 9.17) is 5.73 Å². The van der Waals surface area contributed by atoms with Crippen molar-refractivity contribution >= 4 is 5.91 Å². The molecule has 0 aromatic carbocycles. The van der Waals surface area contributed by atoms with Gasteiger partial charge in [0.2, 0.25) is 5.91 Å². The van der Waals surface area contributed by atoms with Gasteiger partial charge >= 0.3 is 0 Å². The number of carbonyl (C=O) groups is 1. The highest BCUT2D eigenvalue weighted by molar-refractivity contribution is 5.93. The van der Waals surface area contributed by atoms with Crippen molar-refractivity contribution in [1.82, 2.24) is 4.98 Å². The summed E-state index contributed by atoms with van der Waals surface area (Å²) in [7, 11) is 0. The van der Waals surface area contributed by atoms with Crippen LogP contribution in [0.5, 0.6) is 0 Å². The lowest BCUT2D eigenvalue weighted by Crippen LogP contribution is -2.14. The molecule has 0 bridgehead atoms. The van der Waals surface area contributed by atoms with Gasteiger partial charge in [-0.2, -0.15) is 0 Å². The molecule has 3 N–H and O–H groups in total. The summed E-state index contributed by atoms with van der Waals surface area (Å²) in [6.07, 6.45) is 1.49. The van der Waals surface area contributed by atoms with Crippen molar-refractivity contribution in [3.05, 3.63) is 46.2 Å². The summed E-state index contributed by atoms with van der Waals surface area (Å²) in [5.74, 6) is -0.550. The second kappa shape index (κ2) is 2.99. The van der Waals surface area contributed by atoms with Crippen LogP contribution in [0.25, 0.3) is 11.3 Å². The summed E-state index contributed by atoms with van der Waals surface area (Å²) < 4.78 is 0. The van der Waals surface area contributed by atoms with E-state index in [2.05, 4.69) is 4.98 Å². The van der Waals surface area contributed by atoms with E-state index >= 15 is 0 Å². The van der Waals surface area contributed by atoms with Crippen molar-refractivity contribution in [2.45, 2.75) is 0 Å². The minimum Gasteiger partial charge on any atom is -0.366 e. The van der Waals surface area contributed by atoms with Gasteiger partial charge in [-0.3, -0.25) is 9.59 Å². The third kappa shape index (κ3) is 1.26. The van der Waals surface area contributed by atoms with Gasteiger partial charge in [0.15, 0.2) is 5.43 Å². The fourth-order valence-electron chi connectivity index (χ4n) is 1.31. The summed E-state index contributed by atoms with van der Waals surface area (Å²) >= 11 is 0. The van der Waals surface area contributed by atoms with Crippen molar-refractivity contribution in [3.63, 3.8) is 0 Å². The molecule has 70 valence electrons. The standard InChI is InChI=1S/C10H8N2O2/c11-10(14)6-4-7-8(12-5-6)2-1-3-9(7)13/h1-5,12H,(H2,11,14). The Morgan fingerprint density at radius 3 is 2.86 bits per heavy atom. The Morgan fingerprint density at radius 2 is 2.14 bits per heavy atom. The number of aromatic nitrogens is 1. The van der Waals surface area contributed by atoms with Crippen LogP contribution in [0.15, 0.2) is 35.3 Å². The van der Waals surface area contributed by atoms with Crippen molar-refractivity contribution in [3.8, 4) is 11.3 Å². The molecule has 2 aliphatic rings. The van der Waals surface area contributed by atoms with Crippen LogP contribution in [-0.2, 0) is 0 Å². The number of aromatic amines is 1. The number of benzene rings is 1. The molecule has 0 aromatic rings. The number of pyridine rings is 1. The number of primary amides is 1. The fraction of sp³-hybridized carbons (Fsp3) is 0. The Balaban J connectivity index is 2.77. The fourth-order valence-corrected chi connectivity index (χ4v) is 1.31. The number of hydrogen-bond acceptors (Lipinski definition) is 2. The third-order valence-electron chi connectivity index (χ3n) is 2.03. The molecule has 1 aliphatic carbocycles. The highest BCUT2D eigenvalue weighted by Crippen LogP contribution is 2.14. The number of fused-ring (bicyclic) bond motifs is 1. The molecule has 2 rings (SSSR count). The van der Waals surface area contributed by atoms with Crippen LogP contribution in [0, 0.1) is 0 Å². The average Bonchev–Trinajstić information content (AvgIpc) is 2.18. The van der Waals surface area contributed by atoms with Gasteiger partial charge in [0, 0.05) is 17.5 Å². The van der Waals surface area contributed by atoms with Gasteiger partial charge in [-0.25, -0.2) is 0 Å². The largest absolute Gasteiger partial charge is 0.366 e. The van der Waals surface area contributed by atoms with Crippen LogP contribution in [0.1, 0.15) is 10.4 Å². The highest BCUT2D eigenvalue weighted by Gasteiger charge is 2.08. The molecular weight excluding hydrogens is 180 g/mol. The maximum Gasteiger partial charge on any atom is 0.250 e. The smallest absolute Gasteiger partial charge is 0.250 e. The molecule has 1 amide bonds. The Kier molecular flexibility index (Phi) is 1.81. The lowest BCUT2D eigenvalue weighted by atomic mass is 10.1. The molecule has 14 heavy (non-hydrogen) atoms. The highest BCUT2D eigenvalue weighted by atomic mass is 16.1. The summed E-state index contributed by atoms with van der Waals surface area (Å²) in [5.41, 5.74) is 6.45. The van der Waals surface area contributed by atoms with Crippen molar-refractivity contribution in [1.29, 1.82) is 0 Å². The molecule has 0 atom stereocenters. The number of rotatable bonds is 1. The quantitative estimate of drug-likeness (QED) is 0.686. The molecule has 4 nitrogen and oxygen atoms in total. The first-order valence-corrected chi connectivity index (χ1v) is 4.10. The number of carbonyl (C=O) groups excluding carboxylic acids is 1. The lowest BCUT2D eigenvalue weighted by molar-refractivity contribution is 0.1000. The van der Waals surface area contributed by atoms with E-state index in [0.29, 0.717) is 16.8 Å². The molecule has 0 unspecified atom stereocenters. The summed E-state index contributed by atoms with van der Waals surface area (Å²) in [6.45, 7) is 0. The van der Waals surface area contributed by atoms with E-state index in [9.17, 15) is 9.59 Å². The topological polar surface area (TPSA) is 76.0 Å². The van der Waals surface area contributed by atoms with Gasteiger partial charge in [0.1, 0.15) is 0 Å². The molecule has 0 radical (unpaired) electrons. The normalized spacial score (nSPS) is 10.3. The SMILES string of the molecule is NC(=O)c1c[nH]c2cccc(=O)c-2c1. The predicted molar refractivity (Wildman–Crippen MR) is 52.2 cm³/mol. The van der Waals surface area contributed by atoms with E-state index in [1.807, 2.05) is 0 Å². The maximum absolute atomic E-state index is 11.4. The predicted octanol–water partition coefficient (Wildman–Crippen LogP) is 0.579. The molecule has 0 saturated carbocycles. The molecule has 4 heteroatoms. The van der Waals surface area contributed by atoms with Crippen molar-refractivity contribution < 1.29 is 4.79 Å². The number of nitrogens with one attached hydrogen (secondary N) is 1. The maximum atomic E-state index is 11.4. The number of hydrogen-bond donors (Lipinski definition) is 2. The Labute approximate surface area is 79.7 Å². The number of amides is 1. The lowest BCUT2D eigenvalue weighted by Gasteiger charge is -2.04. The molecule has 1 heterocycles. The first-order chi connectivity index (χ1) is 6.68. The second-order valence-electron chi connectivity index (χ2n) is 2.97. The molecule has 0 fully saturated rings. The first-order valence-electron chi connectivity index (χ1n) is 4.10. The van der Waals surface area contributed by atoms with E-state index < -0.39 is 5.91 Å². The Bertz CT molecular complexity index is 516. The second-order valence-corrected chi connectivity index (χ2v) is 2.97. The van der Waals surface area contributed by atoms with Crippen LogP contribution in [-0.4, -0.2) is 10.9 Å². The van der Waals surface area contributed by atoms with E-state index in [0.717, 1.165) is 0 Å². The molecular formula is C10H8N2O2. The van der Waals surface area contributed by atoms with Crippen LogP contribution in [0.4, 0.5) is 0 Å². The third-order valence-corrected chi connectivity index (χ3v) is 2.03. The van der Waals surface area contributed by atoms with Crippen molar-refractivity contribution in [2.24, 2.45) is 5.73 Å². The minimum atomic E-state index is -0.550. The van der Waals surface area contributed by atoms with Crippen LogP contribution in [0.3, 0.4) is 0 Å². The van der Waals surface area contributed by atoms with E-state index in [-0.39, 0.29) is 5.43 Å². The summed E-state index contributed by atoms with van der Waals surface area (Å²) in [4.78, 5) is 25.1. The Morgan fingerprint density at radius 1 is 1.36 bits per heavy atom. The minimum absolute atomic E-state index is 0.123. The number of nitrogens with two attached hydrogens (primary N) is 1. The zero-order valence-electron chi connectivity index (χ0n) is 7.28. The molecule has 1 aliphatic heterocycles. The van der Waals surface area contributed by atoms with E-state index in [1.54, 1.807) is 12.1 Å². The summed E-state index contributed by atoms with van der Waals surface area (Å²) in [5, 5.41) is 0. The van der Waals surface area contributed by atoms with Crippen LogP contribution in [0.2, 0.25) is 0 Å². The molecule has 0 aromatic heterocycles. The van der Waals surface area contributed by atoms with Gasteiger partial charge < -0.3 is 10.7 Å². The van der Waals surface area contributed by atoms with Gasteiger partial charge in [0.25, 0.3) is 0 Å². The monoisotopic (exact) mass is 188 g/mol. The van der Waals surface area contributed by atoms with Crippen LogP contribution >= 0.6 is 0 Å². The molecule has 0 spiro atoms. The molecule has 0 saturated heterocycles. The van der Waals surface area contributed by atoms with Crippen LogP contribution < -0.4 is 11.2 Å². The average molecular weight is 188 g/mol. The van der Waals surface area contributed by atoms with Gasteiger partial charge in [-0.15, -0.1) is 0 Å².